The van der Waals surface area contributed by atoms with Gasteiger partial charge in [-0.15, -0.1) is 0 Å². The Morgan fingerprint density at radius 2 is 2.00 bits per heavy atom. The fraction of sp³-hybridized carbons (Fsp3) is 0.385. The highest BCUT2D eigenvalue weighted by Crippen LogP contribution is 2.12. The van der Waals surface area contributed by atoms with E-state index in [0.29, 0.717) is 5.92 Å². The van der Waals surface area contributed by atoms with E-state index in [1.165, 1.54) is 5.57 Å². The molecule has 84 valence electrons. The average molecular weight is 206 g/mol. The fourth-order valence-corrected chi connectivity index (χ4v) is 1.21. The number of hydrogen-bond donors (Lipinski definition) is 2. The monoisotopic (exact) mass is 206 g/mol. The summed E-state index contributed by atoms with van der Waals surface area (Å²) in [5.41, 5.74) is 2.36. The maximum absolute atomic E-state index is 3.72. The van der Waals surface area contributed by atoms with Crippen molar-refractivity contribution in [3.05, 3.63) is 48.9 Å². The Labute approximate surface area is 93.5 Å². The van der Waals surface area contributed by atoms with Crippen molar-refractivity contribution in [2.75, 3.05) is 13.6 Å². The number of hydrogen-bond acceptors (Lipinski definition) is 2. The molecule has 0 unspecified atom stereocenters. The molecule has 0 fully saturated rings. The standard InChI is InChI=1S/C13H22N2/c1-6-8-12(11(3)4)9-13(10-14-5)15-7-2/h6-9,11,14-15H,1-2,10H2,3-5H3/b12-8+,13-9+. The first-order valence-corrected chi connectivity index (χ1v) is 5.21. The van der Waals surface area contributed by atoms with Gasteiger partial charge in [0.1, 0.15) is 0 Å². The van der Waals surface area contributed by atoms with Crippen molar-refractivity contribution < 1.29 is 0 Å². The van der Waals surface area contributed by atoms with Crippen molar-refractivity contribution in [2.45, 2.75) is 13.8 Å². The van der Waals surface area contributed by atoms with Crippen molar-refractivity contribution in [3.8, 4) is 0 Å². The van der Waals surface area contributed by atoms with E-state index in [4.69, 9.17) is 0 Å². The molecule has 0 radical (unpaired) electrons. The first-order valence-electron chi connectivity index (χ1n) is 5.21. The Kier molecular flexibility index (Phi) is 7.38. The molecule has 0 saturated heterocycles. The molecule has 0 rings (SSSR count). The normalized spacial score (nSPS) is 12.8. The molecule has 0 saturated carbocycles. The van der Waals surface area contributed by atoms with E-state index < -0.39 is 0 Å². The lowest BCUT2D eigenvalue weighted by Crippen LogP contribution is -2.19. The minimum absolute atomic E-state index is 0.487. The van der Waals surface area contributed by atoms with Gasteiger partial charge in [0.2, 0.25) is 0 Å². The van der Waals surface area contributed by atoms with Crippen LogP contribution in [0.1, 0.15) is 13.8 Å². The quantitative estimate of drug-likeness (QED) is 0.626. The van der Waals surface area contributed by atoms with Crippen LogP contribution in [0.2, 0.25) is 0 Å². The van der Waals surface area contributed by atoms with Crippen LogP contribution in [0, 0.1) is 5.92 Å². The van der Waals surface area contributed by atoms with Crippen molar-refractivity contribution in [3.63, 3.8) is 0 Å². The summed E-state index contributed by atoms with van der Waals surface area (Å²) in [6.07, 6.45) is 7.67. The smallest absolute Gasteiger partial charge is 0.0354 e. The molecule has 0 heterocycles. The van der Waals surface area contributed by atoms with E-state index in [2.05, 4.69) is 43.7 Å². The summed E-state index contributed by atoms with van der Waals surface area (Å²) in [6, 6.07) is 0. The van der Waals surface area contributed by atoms with Crippen molar-refractivity contribution in [1.82, 2.24) is 10.6 Å². The topological polar surface area (TPSA) is 24.1 Å². The molecule has 0 aromatic carbocycles. The Hall–Kier alpha value is -1.28. The molecule has 2 N–H and O–H groups in total. The lowest BCUT2D eigenvalue weighted by atomic mass is 10.0. The van der Waals surface area contributed by atoms with Crippen LogP contribution < -0.4 is 10.6 Å². The maximum Gasteiger partial charge on any atom is 0.0354 e. The van der Waals surface area contributed by atoms with Gasteiger partial charge in [-0.25, -0.2) is 0 Å². The highest BCUT2D eigenvalue weighted by molar-refractivity contribution is 5.28. The molecule has 0 spiro atoms. The molecule has 0 aliphatic rings. The largest absolute Gasteiger partial charge is 0.365 e. The van der Waals surface area contributed by atoms with Crippen LogP contribution in [0.15, 0.2) is 48.9 Å². The average Bonchev–Trinajstić information content (AvgIpc) is 2.17. The van der Waals surface area contributed by atoms with Gasteiger partial charge in [0.15, 0.2) is 0 Å². The highest BCUT2D eigenvalue weighted by atomic mass is 14.9. The van der Waals surface area contributed by atoms with Crippen LogP contribution in [0.5, 0.6) is 0 Å². The Balaban J connectivity index is 4.79. The molecule has 2 nitrogen and oxygen atoms in total. The molecule has 0 bridgehead atoms. The molecule has 0 amide bonds. The summed E-state index contributed by atoms with van der Waals surface area (Å²) in [6.45, 7) is 12.5. The second-order valence-electron chi connectivity index (χ2n) is 3.61. The predicted octanol–water partition coefficient (Wildman–Crippen LogP) is 2.59. The lowest BCUT2D eigenvalue weighted by Gasteiger charge is -2.11. The summed E-state index contributed by atoms with van der Waals surface area (Å²) in [5.74, 6) is 0.487. The molecule has 0 aliphatic carbocycles. The summed E-state index contributed by atoms with van der Waals surface area (Å²) < 4.78 is 0. The molecule has 0 aromatic rings. The summed E-state index contributed by atoms with van der Waals surface area (Å²) >= 11 is 0. The van der Waals surface area contributed by atoms with Gasteiger partial charge in [-0.1, -0.05) is 39.2 Å². The van der Waals surface area contributed by atoms with Crippen LogP contribution in [-0.4, -0.2) is 13.6 Å². The minimum Gasteiger partial charge on any atom is -0.365 e. The Morgan fingerprint density at radius 3 is 2.40 bits per heavy atom. The molecule has 0 atom stereocenters. The predicted molar refractivity (Wildman–Crippen MR) is 68.5 cm³/mol. The third-order valence-electron chi connectivity index (χ3n) is 1.97. The van der Waals surface area contributed by atoms with E-state index in [1.54, 1.807) is 6.20 Å². The second-order valence-corrected chi connectivity index (χ2v) is 3.61. The minimum atomic E-state index is 0.487. The number of allylic oxidation sites excluding steroid dienone is 4. The van der Waals surface area contributed by atoms with Crippen LogP contribution >= 0.6 is 0 Å². The van der Waals surface area contributed by atoms with Crippen LogP contribution in [-0.2, 0) is 0 Å². The van der Waals surface area contributed by atoms with E-state index in [9.17, 15) is 0 Å². The van der Waals surface area contributed by atoms with Gasteiger partial charge in [0.05, 0.1) is 0 Å². The van der Waals surface area contributed by atoms with E-state index in [1.807, 2.05) is 19.2 Å². The van der Waals surface area contributed by atoms with Crippen molar-refractivity contribution in [1.29, 1.82) is 0 Å². The zero-order chi connectivity index (χ0) is 11.7. The van der Waals surface area contributed by atoms with E-state index in [-0.39, 0.29) is 0 Å². The Morgan fingerprint density at radius 1 is 1.33 bits per heavy atom. The number of rotatable bonds is 7. The van der Waals surface area contributed by atoms with Gasteiger partial charge in [-0.3, -0.25) is 0 Å². The van der Waals surface area contributed by atoms with Gasteiger partial charge in [-0.2, -0.15) is 0 Å². The van der Waals surface area contributed by atoms with Crippen LogP contribution in [0.3, 0.4) is 0 Å². The number of nitrogens with one attached hydrogen (secondary N) is 2. The summed E-state index contributed by atoms with van der Waals surface area (Å²) in [4.78, 5) is 0. The second kappa shape index (κ2) is 8.06. The van der Waals surface area contributed by atoms with Gasteiger partial charge in [0.25, 0.3) is 0 Å². The van der Waals surface area contributed by atoms with E-state index in [0.717, 1.165) is 12.2 Å². The van der Waals surface area contributed by atoms with Gasteiger partial charge in [-0.05, 0) is 30.8 Å². The Bertz CT molecular complexity index is 260. The van der Waals surface area contributed by atoms with Gasteiger partial charge >= 0.3 is 0 Å². The molecular weight excluding hydrogens is 184 g/mol. The lowest BCUT2D eigenvalue weighted by molar-refractivity contribution is 0.775. The van der Waals surface area contributed by atoms with Gasteiger partial charge in [0, 0.05) is 12.2 Å². The fourth-order valence-electron chi connectivity index (χ4n) is 1.21. The summed E-state index contributed by atoms with van der Waals surface area (Å²) in [7, 11) is 1.92. The zero-order valence-corrected chi connectivity index (χ0v) is 10.0. The molecule has 2 heteroatoms. The summed E-state index contributed by atoms with van der Waals surface area (Å²) in [5, 5.41) is 6.22. The first-order chi connectivity index (χ1) is 7.15. The van der Waals surface area contributed by atoms with Crippen molar-refractivity contribution in [2.24, 2.45) is 5.92 Å². The molecular formula is C13H22N2. The molecule has 15 heavy (non-hydrogen) atoms. The zero-order valence-electron chi connectivity index (χ0n) is 10.0. The maximum atomic E-state index is 3.72. The number of likely N-dealkylation sites (N-methyl/N-ethyl adjacent to an activating group) is 1. The van der Waals surface area contributed by atoms with Crippen molar-refractivity contribution >= 4 is 0 Å². The van der Waals surface area contributed by atoms with E-state index >= 15 is 0 Å². The molecule has 0 aromatic heterocycles. The van der Waals surface area contributed by atoms with Gasteiger partial charge < -0.3 is 10.6 Å². The highest BCUT2D eigenvalue weighted by Gasteiger charge is 2.01. The molecule has 0 aliphatic heterocycles. The first kappa shape index (κ1) is 13.7. The van der Waals surface area contributed by atoms with Crippen LogP contribution in [0.4, 0.5) is 0 Å². The third kappa shape index (κ3) is 5.92. The SMILES string of the molecule is C=C/C=C(\C=C(/CNC)NC=C)C(C)C. The third-order valence-corrected chi connectivity index (χ3v) is 1.97. The van der Waals surface area contributed by atoms with Crippen LogP contribution in [0.25, 0.3) is 0 Å².